The summed E-state index contributed by atoms with van der Waals surface area (Å²) in [6, 6.07) is 18.3. The third-order valence-electron chi connectivity index (χ3n) is 4.84. The third kappa shape index (κ3) is 4.47. The number of non-ortho nitro benzene ring substituents is 1. The molecule has 0 amide bonds. The number of hydrogen-bond acceptors (Lipinski definition) is 6. The van der Waals surface area contributed by atoms with Crippen molar-refractivity contribution in [1.29, 1.82) is 0 Å². The van der Waals surface area contributed by atoms with Crippen LogP contribution in [0.25, 0.3) is 22.0 Å². The summed E-state index contributed by atoms with van der Waals surface area (Å²) in [6.45, 7) is -0.360. The molecule has 1 aromatic heterocycles. The summed E-state index contributed by atoms with van der Waals surface area (Å²) in [4.78, 5) is 23.2. The van der Waals surface area contributed by atoms with Gasteiger partial charge in [-0.3, -0.25) is 14.9 Å². The number of nitrogens with zero attached hydrogens (tertiary/aromatic N) is 3. The number of halogens is 1. The molecule has 1 unspecified atom stereocenters. The zero-order valence-corrected chi connectivity index (χ0v) is 16.7. The molecule has 8 nitrogen and oxygen atoms in total. The number of benzene rings is 3. The summed E-state index contributed by atoms with van der Waals surface area (Å²) in [5.74, 6) is -0.163. The highest BCUT2D eigenvalue weighted by Crippen LogP contribution is 2.25. The molecule has 0 aliphatic carbocycles. The van der Waals surface area contributed by atoms with Gasteiger partial charge in [-0.2, -0.15) is 5.10 Å². The van der Waals surface area contributed by atoms with E-state index in [-0.39, 0.29) is 36.0 Å². The number of nitro benzene ring substituents is 1. The highest BCUT2D eigenvalue weighted by atomic mass is 19.1. The van der Waals surface area contributed by atoms with Crippen LogP contribution in [-0.2, 0) is 6.54 Å². The predicted molar refractivity (Wildman–Crippen MR) is 116 cm³/mol. The Bertz CT molecular complexity index is 1340. The first kappa shape index (κ1) is 21.1. The Kier molecular flexibility index (Phi) is 5.91. The maximum atomic E-state index is 13.4. The van der Waals surface area contributed by atoms with Crippen molar-refractivity contribution in [2.24, 2.45) is 0 Å². The lowest BCUT2D eigenvalue weighted by atomic mass is 10.1. The highest BCUT2D eigenvalue weighted by molar-refractivity contribution is 5.93. The molecule has 9 heteroatoms. The van der Waals surface area contributed by atoms with E-state index < -0.39 is 11.0 Å². The summed E-state index contributed by atoms with van der Waals surface area (Å²) in [7, 11) is 0. The zero-order valence-electron chi connectivity index (χ0n) is 16.7. The van der Waals surface area contributed by atoms with Gasteiger partial charge in [0, 0.05) is 17.0 Å². The molecule has 0 saturated carbocycles. The fraction of sp³-hybridized carbons (Fsp3) is 0.130. The summed E-state index contributed by atoms with van der Waals surface area (Å²) < 4.78 is 20.0. The minimum absolute atomic E-state index is 0.131. The standard InChI is InChI=1S/C23H18FN3O5/c24-16-10-8-15(9-11-16)22-20-6-1-2-7-21(20)23(29)26(25-22)13-18(28)14-32-19-5-3-4-17(12-19)27(30)31/h1-12,18,28H,13-14H2. The summed E-state index contributed by atoms with van der Waals surface area (Å²) in [5, 5.41) is 26.7. The van der Waals surface area contributed by atoms with Crippen LogP contribution in [0.5, 0.6) is 5.75 Å². The topological polar surface area (TPSA) is 107 Å². The second-order valence-corrected chi connectivity index (χ2v) is 7.11. The number of fused-ring (bicyclic) bond motifs is 1. The second-order valence-electron chi connectivity index (χ2n) is 7.11. The van der Waals surface area contributed by atoms with Crippen LogP contribution in [-0.4, -0.2) is 32.5 Å². The molecule has 0 radical (unpaired) electrons. The predicted octanol–water partition coefficient (Wildman–Crippen LogP) is 3.55. The Hall–Kier alpha value is -4.11. The van der Waals surface area contributed by atoms with Crippen LogP contribution in [0, 0.1) is 15.9 Å². The Morgan fingerprint density at radius 3 is 2.50 bits per heavy atom. The van der Waals surface area contributed by atoms with Crippen molar-refractivity contribution in [2.45, 2.75) is 12.6 Å². The molecule has 3 aromatic carbocycles. The van der Waals surface area contributed by atoms with Gasteiger partial charge in [0.25, 0.3) is 11.2 Å². The average Bonchev–Trinajstić information content (AvgIpc) is 2.80. The van der Waals surface area contributed by atoms with E-state index in [0.717, 1.165) is 4.68 Å². The minimum Gasteiger partial charge on any atom is -0.491 e. The van der Waals surface area contributed by atoms with E-state index in [4.69, 9.17) is 4.74 Å². The fourth-order valence-corrected chi connectivity index (χ4v) is 3.31. The SMILES string of the molecule is O=c1c2ccccc2c(-c2ccc(F)cc2)nn1CC(O)COc1cccc([N+](=O)[O-])c1. The first-order valence-electron chi connectivity index (χ1n) is 9.73. The van der Waals surface area contributed by atoms with E-state index in [0.29, 0.717) is 22.0 Å². The van der Waals surface area contributed by atoms with Gasteiger partial charge in [0.1, 0.15) is 24.3 Å². The largest absolute Gasteiger partial charge is 0.491 e. The van der Waals surface area contributed by atoms with Crippen molar-refractivity contribution in [3.8, 4) is 17.0 Å². The van der Waals surface area contributed by atoms with E-state index in [1.54, 1.807) is 36.4 Å². The van der Waals surface area contributed by atoms with E-state index >= 15 is 0 Å². The molecule has 32 heavy (non-hydrogen) atoms. The quantitative estimate of drug-likeness (QED) is 0.351. The molecule has 0 aliphatic heterocycles. The van der Waals surface area contributed by atoms with E-state index in [2.05, 4.69) is 5.10 Å². The van der Waals surface area contributed by atoms with Crippen molar-refractivity contribution in [1.82, 2.24) is 9.78 Å². The van der Waals surface area contributed by atoms with Crippen LogP contribution >= 0.6 is 0 Å². The molecular weight excluding hydrogens is 417 g/mol. The molecule has 1 N–H and O–H groups in total. The van der Waals surface area contributed by atoms with Gasteiger partial charge in [0.15, 0.2) is 0 Å². The normalized spacial score (nSPS) is 11.9. The van der Waals surface area contributed by atoms with Gasteiger partial charge in [-0.15, -0.1) is 0 Å². The molecule has 1 atom stereocenters. The molecule has 4 aromatic rings. The number of nitro groups is 1. The van der Waals surface area contributed by atoms with Gasteiger partial charge in [0.05, 0.1) is 28.6 Å². The molecule has 162 valence electrons. The average molecular weight is 435 g/mol. The molecule has 0 fully saturated rings. The van der Waals surface area contributed by atoms with Crippen LogP contribution in [0.4, 0.5) is 10.1 Å². The van der Waals surface area contributed by atoms with Gasteiger partial charge >= 0.3 is 0 Å². The first-order chi connectivity index (χ1) is 15.4. The fourth-order valence-electron chi connectivity index (χ4n) is 3.31. The lowest BCUT2D eigenvalue weighted by molar-refractivity contribution is -0.384. The first-order valence-corrected chi connectivity index (χ1v) is 9.73. The number of ether oxygens (including phenoxy) is 1. The van der Waals surface area contributed by atoms with Gasteiger partial charge in [-0.1, -0.05) is 24.3 Å². The number of aliphatic hydroxyl groups excluding tert-OH is 1. The third-order valence-corrected chi connectivity index (χ3v) is 4.84. The van der Waals surface area contributed by atoms with Gasteiger partial charge < -0.3 is 9.84 Å². The highest BCUT2D eigenvalue weighted by Gasteiger charge is 2.16. The van der Waals surface area contributed by atoms with Crippen LogP contribution in [0.15, 0.2) is 77.6 Å². The smallest absolute Gasteiger partial charge is 0.274 e. The van der Waals surface area contributed by atoms with Gasteiger partial charge in [0.2, 0.25) is 0 Å². The van der Waals surface area contributed by atoms with Crippen molar-refractivity contribution in [3.05, 3.63) is 99.1 Å². The van der Waals surface area contributed by atoms with Crippen LogP contribution in [0.1, 0.15) is 0 Å². The molecule has 0 bridgehead atoms. The van der Waals surface area contributed by atoms with Gasteiger partial charge in [-0.05, 0) is 36.4 Å². The van der Waals surface area contributed by atoms with Crippen molar-refractivity contribution < 1.29 is 19.2 Å². The van der Waals surface area contributed by atoms with E-state index in [9.17, 15) is 24.4 Å². The van der Waals surface area contributed by atoms with Crippen LogP contribution < -0.4 is 10.3 Å². The summed E-state index contributed by atoms with van der Waals surface area (Å²) in [6.07, 6.45) is -1.11. The summed E-state index contributed by atoms with van der Waals surface area (Å²) in [5.41, 5.74) is 0.583. The Labute approximate surface area is 181 Å². The maximum Gasteiger partial charge on any atom is 0.274 e. The second kappa shape index (κ2) is 8.94. The van der Waals surface area contributed by atoms with Crippen LogP contribution in [0.3, 0.4) is 0 Å². The molecular formula is C23H18FN3O5. The molecule has 1 heterocycles. The lowest BCUT2D eigenvalue weighted by Gasteiger charge is -2.15. The number of aromatic nitrogens is 2. The van der Waals surface area contributed by atoms with Crippen molar-refractivity contribution in [2.75, 3.05) is 6.61 Å². The Morgan fingerprint density at radius 1 is 1.06 bits per heavy atom. The molecule has 0 aliphatic rings. The Morgan fingerprint density at radius 2 is 1.78 bits per heavy atom. The van der Waals surface area contributed by atoms with E-state index in [1.165, 1.54) is 36.4 Å². The summed E-state index contributed by atoms with van der Waals surface area (Å²) >= 11 is 0. The number of rotatable bonds is 7. The zero-order chi connectivity index (χ0) is 22.7. The maximum absolute atomic E-state index is 13.4. The van der Waals surface area contributed by atoms with Crippen molar-refractivity contribution in [3.63, 3.8) is 0 Å². The van der Waals surface area contributed by atoms with Crippen molar-refractivity contribution >= 4 is 16.5 Å². The van der Waals surface area contributed by atoms with Crippen LogP contribution in [0.2, 0.25) is 0 Å². The number of aliphatic hydroxyl groups is 1. The monoisotopic (exact) mass is 435 g/mol. The minimum atomic E-state index is -1.11. The Balaban J connectivity index is 1.60. The lowest BCUT2D eigenvalue weighted by Crippen LogP contribution is -2.32. The number of hydrogen-bond donors (Lipinski definition) is 1. The molecule has 0 spiro atoms. The molecule has 0 saturated heterocycles. The molecule has 4 rings (SSSR count). The van der Waals surface area contributed by atoms with E-state index in [1.807, 2.05) is 0 Å². The van der Waals surface area contributed by atoms with Gasteiger partial charge in [-0.25, -0.2) is 9.07 Å².